The van der Waals surface area contributed by atoms with Gasteiger partial charge in [-0.15, -0.1) is 0 Å². The fourth-order valence-electron chi connectivity index (χ4n) is 2.32. The van der Waals surface area contributed by atoms with Crippen molar-refractivity contribution in [2.45, 2.75) is 45.8 Å². The van der Waals surface area contributed by atoms with Crippen molar-refractivity contribution in [2.75, 3.05) is 0 Å². The molecule has 0 amide bonds. The standard InChI is InChI=1S/C12H17FN2/c1-8(2)15-7-11-10(4-9(15)3)5-14-6-12(11)13/h5-6,8-9H,4,7H2,1-3H3/t9-/m0/s1. The van der Waals surface area contributed by atoms with Crippen LogP contribution in [0.3, 0.4) is 0 Å². The van der Waals surface area contributed by atoms with Crippen LogP contribution in [0, 0.1) is 5.82 Å². The number of fused-ring (bicyclic) bond motifs is 1. The van der Waals surface area contributed by atoms with Gasteiger partial charge in [0.1, 0.15) is 5.82 Å². The van der Waals surface area contributed by atoms with Crippen molar-refractivity contribution in [2.24, 2.45) is 0 Å². The summed E-state index contributed by atoms with van der Waals surface area (Å²) in [6, 6.07) is 0.932. The normalized spacial score (nSPS) is 21.8. The molecule has 1 aliphatic heterocycles. The molecule has 1 aromatic rings. The predicted molar refractivity (Wildman–Crippen MR) is 58.0 cm³/mol. The maximum atomic E-state index is 13.5. The number of halogens is 1. The summed E-state index contributed by atoms with van der Waals surface area (Å²) in [6.07, 6.45) is 4.01. The van der Waals surface area contributed by atoms with Crippen LogP contribution >= 0.6 is 0 Å². The number of rotatable bonds is 1. The Morgan fingerprint density at radius 1 is 1.47 bits per heavy atom. The number of aromatic nitrogens is 1. The van der Waals surface area contributed by atoms with E-state index in [1.807, 2.05) is 0 Å². The Bertz CT molecular complexity index is 363. The first-order valence-electron chi connectivity index (χ1n) is 5.46. The van der Waals surface area contributed by atoms with Crippen molar-refractivity contribution >= 4 is 0 Å². The number of hydrogen-bond acceptors (Lipinski definition) is 2. The molecule has 2 nitrogen and oxygen atoms in total. The third-order valence-corrected chi connectivity index (χ3v) is 3.18. The van der Waals surface area contributed by atoms with Crippen LogP contribution in [0.1, 0.15) is 31.9 Å². The molecule has 15 heavy (non-hydrogen) atoms. The molecular weight excluding hydrogens is 191 g/mol. The second kappa shape index (κ2) is 3.89. The van der Waals surface area contributed by atoms with Crippen molar-refractivity contribution in [3.8, 4) is 0 Å². The average Bonchev–Trinajstić information content (AvgIpc) is 2.16. The molecule has 0 unspecified atom stereocenters. The van der Waals surface area contributed by atoms with Crippen molar-refractivity contribution in [1.82, 2.24) is 9.88 Å². The molecule has 1 aromatic heterocycles. The second-order valence-corrected chi connectivity index (χ2v) is 4.58. The molecule has 1 aliphatic rings. The molecule has 0 spiro atoms. The Balaban J connectivity index is 2.35. The smallest absolute Gasteiger partial charge is 0.146 e. The highest BCUT2D eigenvalue weighted by molar-refractivity contribution is 5.28. The van der Waals surface area contributed by atoms with Gasteiger partial charge in [-0.05, 0) is 32.8 Å². The van der Waals surface area contributed by atoms with Gasteiger partial charge >= 0.3 is 0 Å². The van der Waals surface area contributed by atoms with Gasteiger partial charge in [-0.3, -0.25) is 9.88 Å². The number of hydrogen-bond donors (Lipinski definition) is 0. The van der Waals surface area contributed by atoms with E-state index in [2.05, 4.69) is 30.7 Å². The molecule has 0 saturated heterocycles. The van der Waals surface area contributed by atoms with Crippen molar-refractivity contribution in [3.63, 3.8) is 0 Å². The molecule has 3 heteroatoms. The zero-order chi connectivity index (χ0) is 11.0. The lowest BCUT2D eigenvalue weighted by Gasteiger charge is -2.37. The minimum absolute atomic E-state index is 0.162. The molecule has 0 bridgehead atoms. The predicted octanol–water partition coefficient (Wildman–Crippen LogP) is 2.38. The first-order valence-corrected chi connectivity index (χ1v) is 5.46. The quantitative estimate of drug-likeness (QED) is 0.704. The highest BCUT2D eigenvalue weighted by atomic mass is 19.1. The van der Waals surface area contributed by atoms with Crippen LogP contribution in [0.15, 0.2) is 12.4 Å². The zero-order valence-corrected chi connectivity index (χ0v) is 9.50. The SMILES string of the molecule is CC(C)N1Cc2c(F)cncc2C[C@@H]1C. The summed E-state index contributed by atoms with van der Waals surface area (Å²) < 4.78 is 13.5. The van der Waals surface area contributed by atoms with Crippen LogP contribution in [-0.2, 0) is 13.0 Å². The molecule has 1 atom stereocenters. The molecule has 0 aromatic carbocycles. The van der Waals surface area contributed by atoms with Crippen LogP contribution < -0.4 is 0 Å². The van der Waals surface area contributed by atoms with Gasteiger partial charge in [0.25, 0.3) is 0 Å². The van der Waals surface area contributed by atoms with Crippen molar-refractivity contribution in [1.29, 1.82) is 0 Å². The highest BCUT2D eigenvalue weighted by Crippen LogP contribution is 2.25. The Morgan fingerprint density at radius 2 is 2.20 bits per heavy atom. The Morgan fingerprint density at radius 3 is 2.87 bits per heavy atom. The van der Waals surface area contributed by atoms with Crippen LogP contribution in [0.4, 0.5) is 4.39 Å². The molecule has 2 rings (SSSR count). The summed E-state index contributed by atoms with van der Waals surface area (Å²) in [7, 11) is 0. The minimum atomic E-state index is -0.162. The number of nitrogens with zero attached hydrogens (tertiary/aromatic N) is 2. The van der Waals surface area contributed by atoms with Gasteiger partial charge in [-0.1, -0.05) is 0 Å². The second-order valence-electron chi connectivity index (χ2n) is 4.58. The molecule has 0 saturated carbocycles. The van der Waals surface area contributed by atoms with Gasteiger partial charge in [0.15, 0.2) is 0 Å². The topological polar surface area (TPSA) is 16.1 Å². The van der Waals surface area contributed by atoms with E-state index in [-0.39, 0.29) is 5.82 Å². The summed E-state index contributed by atoms with van der Waals surface area (Å²) in [6.45, 7) is 7.21. The third kappa shape index (κ3) is 1.88. The first-order chi connectivity index (χ1) is 7.09. The fourth-order valence-corrected chi connectivity index (χ4v) is 2.32. The van der Waals surface area contributed by atoms with E-state index in [1.165, 1.54) is 6.20 Å². The van der Waals surface area contributed by atoms with Crippen LogP contribution in [0.25, 0.3) is 0 Å². The van der Waals surface area contributed by atoms with Gasteiger partial charge in [0, 0.05) is 30.4 Å². The van der Waals surface area contributed by atoms with E-state index in [9.17, 15) is 4.39 Å². The average molecular weight is 208 g/mol. The van der Waals surface area contributed by atoms with Gasteiger partial charge in [0.05, 0.1) is 6.20 Å². The summed E-state index contributed by atoms with van der Waals surface area (Å²) in [4.78, 5) is 6.23. The summed E-state index contributed by atoms with van der Waals surface area (Å²) >= 11 is 0. The first kappa shape index (κ1) is 10.6. The van der Waals surface area contributed by atoms with E-state index in [4.69, 9.17) is 0 Å². The van der Waals surface area contributed by atoms with Crippen LogP contribution in [-0.4, -0.2) is 22.0 Å². The van der Waals surface area contributed by atoms with Gasteiger partial charge in [0.2, 0.25) is 0 Å². The van der Waals surface area contributed by atoms with E-state index >= 15 is 0 Å². The van der Waals surface area contributed by atoms with Crippen LogP contribution in [0.2, 0.25) is 0 Å². The Labute approximate surface area is 90.1 Å². The van der Waals surface area contributed by atoms with E-state index in [0.717, 1.165) is 17.5 Å². The van der Waals surface area contributed by atoms with Gasteiger partial charge < -0.3 is 0 Å². The molecule has 0 N–H and O–H groups in total. The highest BCUT2D eigenvalue weighted by Gasteiger charge is 2.26. The third-order valence-electron chi connectivity index (χ3n) is 3.18. The van der Waals surface area contributed by atoms with Crippen molar-refractivity contribution < 1.29 is 4.39 Å². The van der Waals surface area contributed by atoms with Gasteiger partial charge in [-0.2, -0.15) is 0 Å². The molecular formula is C12H17FN2. The van der Waals surface area contributed by atoms with Crippen molar-refractivity contribution in [3.05, 3.63) is 29.3 Å². The summed E-state index contributed by atoms with van der Waals surface area (Å²) in [5, 5.41) is 0. The van der Waals surface area contributed by atoms with E-state index in [0.29, 0.717) is 18.6 Å². The Kier molecular flexibility index (Phi) is 2.74. The molecule has 0 radical (unpaired) electrons. The maximum Gasteiger partial charge on any atom is 0.146 e. The lowest BCUT2D eigenvalue weighted by molar-refractivity contribution is 0.139. The molecule has 0 aliphatic carbocycles. The minimum Gasteiger partial charge on any atom is -0.294 e. The maximum absolute atomic E-state index is 13.5. The molecule has 2 heterocycles. The van der Waals surface area contributed by atoms with E-state index < -0.39 is 0 Å². The van der Waals surface area contributed by atoms with E-state index in [1.54, 1.807) is 6.20 Å². The molecule has 0 fully saturated rings. The molecule has 82 valence electrons. The van der Waals surface area contributed by atoms with Crippen LogP contribution in [0.5, 0.6) is 0 Å². The Hall–Kier alpha value is -0.960. The fraction of sp³-hybridized carbons (Fsp3) is 0.583. The lowest BCUT2D eigenvalue weighted by Crippen LogP contribution is -2.43. The summed E-state index contributed by atoms with van der Waals surface area (Å²) in [5.74, 6) is -0.162. The largest absolute Gasteiger partial charge is 0.294 e. The van der Waals surface area contributed by atoms with Gasteiger partial charge in [-0.25, -0.2) is 4.39 Å². The summed E-state index contributed by atoms with van der Waals surface area (Å²) in [5.41, 5.74) is 1.90. The number of pyridine rings is 1. The lowest BCUT2D eigenvalue weighted by atomic mass is 9.95. The zero-order valence-electron chi connectivity index (χ0n) is 9.50. The monoisotopic (exact) mass is 208 g/mol.